The van der Waals surface area contributed by atoms with Gasteiger partial charge in [-0.2, -0.15) is 0 Å². The van der Waals surface area contributed by atoms with E-state index in [0.717, 1.165) is 36.7 Å². The van der Waals surface area contributed by atoms with Gasteiger partial charge in [0.25, 0.3) is 0 Å². The first-order chi connectivity index (χ1) is 17.7. The number of anilines is 1. The summed E-state index contributed by atoms with van der Waals surface area (Å²) in [6.45, 7) is 17.4. The number of aromatic nitrogens is 2. The Labute approximate surface area is 224 Å². The zero-order valence-electron chi connectivity index (χ0n) is 23.9. The molecule has 5 nitrogen and oxygen atoms in total. The molecule has 202 valence electrons. The zero-order chi connectivity index (χ0) is 26.4. The van der Waals surface area contributed by atoms with Gasteiger partial charge in [-0.25, -0.2) is 9.97 Å². The van der Waals surface area contributed by atoms with Crippen LogP contribution in [0, 0.1) is 23.2 Å². The van der Waals surface area contributed by atoms with E-state index in [-0.39, 0.29) is 0 Å². The topological polar surface area (TPSA) is 61.3 Å². The maximum Gasteiger partial charge on any atom is 0.222 e. The Morgan fingerprint density at radius 2 is 1.86 bits per heavy atom. The number of benzene rings is 1. The summed E-state index contributed by atoms with van der Waals surface area (Å²) < 4.78 is 0. The fourth-order valence-corrected chi connectivity index (χ4v) is 8.07. The highest BCUT2D eigenvalue weighted by molar-refractivity contribution is 5.49. The quantitative estimate of drug-likeness (QED) is 0.454. The molecule has 2 N–H and O–H groups in total. The molecule has 2 heterocycles. The SMILES string of the molecule is CC1N(CC2CC2)CC2Cc3ccc(O)cc3C23C[C@@H](C)CC13C.CCCNc1ncc(C(C)C)cn1. The normalized spacial score (nSPS) is 32.4. The van der Waals surface area contributed by atoms with Gasteiger partial charge in [-0.1, -0.05) is 40.7 Å². The first-order valence-corrected chi connectivity index (χ1v) is 14.8. The van der Waals surface area contributed by atoms with Gasteiger partial charge < -0.3 is 10.4 Å². The van der Waals surface area contributed by atoms with Crippen molar-refractivity contribution in [1.82, 2.24) is 14.9 Å². The van der Waals surface area contributed by atoms with Gasteiger partial charge in [0.1, 0.15) is 5.75 Å². The van der Waals surface area contributed by atoms with Crippen LogP contribution in [0.4, 0.5) is 5.95 Å². The molecule has 2 aromatic rings. The maximum absolute atomic E-state index is 10.2. The van der Waals surface area contributed by atoms with E-state index in [9.17, 15) is 5.11 Å². The van der Waals surface area contributed by atoms with Crippen molar-refractivity contribution >= 4 is 5.95 Å². The number of hydrogen-bond donors (Lipinski definition) is 2. The Kier molecular flexibility index (Phi) is 7.30. The van der Waals surface area contributed by atoms with Crippen LogP contribution in [0.15, 0.2) is 30.6 Å². The van der Waals surface area contributed by atoms with Gasteiger partial charge in [0.05, 0.1) is 0 Å². The molecule has 4 unspecified atom stereocenters. The lowest BCUT2D eigenvalue weighted by molar-refractivity contribution is -0.0538. The van der Waals surface area contributed by atoms with Crippen LogP contribution < -0.4 is 5.32 Å². The number of nitrogens with zero attached hydrogens (tertiary/aromatic N) is 3. The van der Waals surface area contributed by atoms with Gasteiger partial charge in [0.15, 0.2) is 0 Å². The average Bonchev–Trinajstić information content (AvgIpc) is 3.57. The van der Waals surface area contributed by atoms with Crippen molar-refractivity contribution in [1.29, 1.82) is 0 Å². The number of piperidine rings is 1. The Bertz CT molecular complexity index is 1080. The van der Waals surface area contributed by atoms with Crippen molar-refractivity contribution in [2.75, 3.05) is 25.0 Å². The second kappa shape index (κ2) is 10.2. The smallest absolute Gasteiger partial charge is 0.222 e. The monoisotopic (exact) mass is 504 g/mol. The molecule has 5 heteroatoms. The van der Waals surface area contributed by atoms with Gasteiger partial charge in [-0.05, 0) is 103 Å². The van der Waals surface area contributed by atoms with Crippen molar-refractivity contribution in [2.24, 2.45) is 23.2 Å². The largest absolute Gasteiger partial charge is 0.508 e. The maximum atomic E-state index is 10.2. The fourth-order valence-electron chi connectivity index (χ4n) is 8.07. The molecule has 2 saturated carbocycles. The molecule has 0 bridgehead atoms. The molecule has 0 radical (unpaired) electrons. The van der Waals surface area contributed by atoms with Gasteiger partial charge in [0.2, 0.25) is 5.95 Å². The predicted molar refractivity (Wildman–Crippen MR) is 152 cm³/mol. The van der Waals surface area contributed by atoms with E-state index in [2.05, 4.69) is 73.9 Å². The lowest BCUT2D eigenvalue weighted by Crippen LogP contribution is -2.62. The van der Waals surface area contributed by atoms with Gasteiger partial charge in [0, 0.05) is 43.5 Å². The summed E-state index contributed by atoms with van der Waals surface area (Å²) in [5.41, 5.74) is 4.82. The number of phenols is 1. The van der Waals surface area contributed by atoms with Gasteiger partial charge in [-0.3, -0.25) is 4.90 Å². The molecule has 1 spiro atoms. The average molecular weight is 505 g/mol. The molecule has 5 atom stereocenters. The first-order valence-electron chi connectivity index (χ1n) is 14.8. The van der Waals surface area contributed by atoms with Crippen LogP contribution in [0.1, 0.15) is 96.3 Å². The summed E-state index contributed by atoms with van der Waals surface area (Å²) in [7, 11) is 0. The van der Waals surface area contributed by atoms with Gasteiger partial charge in [-0.15, -0.1) is 0 Å². The Morgan fingerprint density at radius 3 is 2.51 bits per heavy atom. The van der Waals surface area contributed by atoms with E-state index < -0.39 is 0 Å². The van der Waals surface area contributed by atoms with Crippen molar-refractivity contribution in [3.05, 3.63) is 47.3 Å². The standard InChI is InChI=1S/C22H31NO.C10H17N3/c1-14-10-21(3)15(2)23(12-16-4-5-16)13-18-8-17-6-7-19(24)9-20(17)22(18,21)11-14;1-4-5-11-10-12-6-9(7-13-10)8(2)3/h6-7,9,14-16,18,24H,4-5,8,10-13H2,1-3H3;6-8H,4-5H2,1-3H3,(H,11,12,13)/t14-,15?,18?,21?,22?;/m0./s1. The highest BCUT2D eigenvalue weighted by Crippen LogP contribution is 2.68. The molecule has 0 amide bonds. The summed E-state index contributed by atoms with van der Waals surface area (Å²) >= 11 is 0. The molecule has 1 aromatic carbocycles. The van der Waals surface area contributed by atoms with Crippen LogP contribution in [-0.2, 0) is 11.8 Å². The number of likely N-dealkylation sites (tertiary alicyclic amines) is 1. The fraction of sp³-hybridized carbons (Fsp3) is 0.688. The summed E-state index contributed by atoms with van der Waals surface area (Å²) in [6, 6.07) is 6.87. The zero-order valence-corrected chi connectivity index (χ0v) is 23.9. The molecule has 4 aliphatic rings. The van der Waals surface area contributed by atoms with Crippen molar-refractivity contribution in [2.45, 2.75) is 97.4 Å². The minimum atomic E-state index is 0.292. The van der Waals surface area contributed by atoms with E-state index in [0.29, 0.717) is 28.5 Å². The van der Waals surface area contributed by atoms with Crippen LogP contribution in [0.2, 0.25) is 0 Å². The van der Waals surface area contributed by atoms with Crippen molar-refractivity contribution < 1.29 is 5.11 Å². The molecule has 3 aliphatic carbocycles. The second-order valence-corrected chi connectivity index (χ2v) is 13.1. The molecule has 3 fully saturated rings. The minimum Gasteiger partial charge on any atom is -0.508 e. The third-order valence-electron chi connectivity index (χ3n) is 10.2. The van der Waals surface area contributed by atoms with Gasteiger partial charge >= 0.3 is 0 Å². The summed E-state index contributed by atoms with van der Waals surface area (Å²) in [6.07, 6.45) is 11.6. The van der Waals surface area contributed by atoms with E-state index >= 15 is 0 Å². The number of phenolic OH excluding ortho intramolecular Hbond substituents is 1. The van der Waals surface area contributed by atoms with E-state index in [1.165, 1.54) is 61.9 Å². The Balaban J connectivity index is 0.000000184. The minimum absolute atomic E-state index is 0.292. The van der Waals surface area contributed by atoms with E-state index in [4.69, 9.17) is 0 Å². The predicted octanol–water partition coefficient (Wildman–Crippen LogP) is 6.77. The molecule has 6 rings (SSSR count). The lowest BCUT2D eigenvalue weighted by Gasteiger charge is -2.58. The van der Waals surface area contributed by atoms with E-state index in [1.54, 1.807) is 0 Å². The van der Waals surface area contributed by atoms with E-state index in [1.807, 2.05) is 18.5 Å². The van der Waals surface area contributed by atoms with Crippen LogP contribution in [-0.4, -0.2) is 45.7 Å². The number of fused-ring (bicyclic) bond motifs is 1. The lowest BCUT2D eigenvalue weighted by atomic mass is 9.54. The summed E-state index contributed by atoms with van der Waals surface area (Å²) in [5.74, 6) is 4.17. The first kappa shape index (κ1) is 26.5. The summed E-state index contributed by atoms with van der Waals surface area (Å²) in [5, 5.41) is 13.3. The summed E-state index contributed by atoms with van der Waals surface area (Å²) in [4.78, 5) is 11.3. The Morgan fingerprint density at radius 1 is 1.14 bits per heavy atom. The van der Waals surface area contributed by atoms with Crippen LogP contribution in [0.25, 0.3) is 0 Å². The molecule has 1 saturated heterocycles. The number of aromatic hydroxyl groups is 1. The molecule has 1 aromatic heterocycles. The van der Waals surface area contributed by atoms with Crippen molar-refractivity contribution in [3.8, 4) is 5.75 Å². The van der Waals surface area contributed by atoms with Crippen LogP contribution >= 0.6 is 0 Å². The van der Waals surface area contributed by atoms with Crippen LogP contribution in [0.3, 0.4) is 0 Å². The van der Waals surface area contributed by atoms with Crippen LogP contribution in [0.5, 0.6) is 5.75 Å². The molecule has 37 heavy (non-hydrogen) atoms. The number of hydrogen-bond acceptors (Lipinski definition) is 5. The Hall–Kier alpha value is -2.14. The number of nitrogens with one attached hydrogen (secondary N) is 1. The van der Waals surface area contributed by atoms with Crippen molar-refractivity contribution in [3.63, 3.8) is 0 Å². The molecule has 1 aliphatic heterocycles. The highest BCUT2D eigenvalue weighted by atomic mass is 16.3. The molecular formula is C32H48N4O. The third kappa shape index (κ3) is 4.77. The third-order valence-corrected chi connectivity index (χ3v) is 10.2. The highest BCUT2D eigenvalue weighted by Gasteiger charge is 2.66. The molecular weight excluding hydrogens is 456 g/mol. The number of rotatable bonds is 6. The second-order valence-electron chi connectivity index (χ2n) is 13.1.